The minimum atomic E-state index is -0.549. The van der Waals surface area contributed by atoms with Crippen molar-refractivity contribution >= 4 is 0 Å². The molecule has 0 fully saturated rings. The van der Waals surface area contributed by atoms with Crippen LogP contribution in [0.5, 0.6) is 0 Å². The Morgan fingerprint density at radius 3 is 2.27 bits per heavy atom. The summed E-state index contributed by atoms with van der Waals surface area (Å²) < 4.78 is 4.86. The van der Waals surface area contributed by atoms with Gasteiger partial charge in [-0.05, 0) is 13.8 Å². The predicted octanol–water partition coefficient (Wildman–Crippen LogP) is 2.06. The van der Waals surface area contributed by atoms with Gasteiger partial charge in [0.05, 0.1) is 5.69 Å². The fourth-order valence-corrected chi connectivity index (χ4v) is 0.712. The zero-order valence-corrected chi connectivity index (χ0v) is 7.46. The minimum Gasteiger partial charge on any atom is -0.445 e. The highest BCUT2D eigenvalue weighted by atomic mass is 16.4. The Bertz CT molecular complexity index is 194. The smallest absolute Gasteiger partial charge is 0.181 e. The van der Waals surface area contributed by atoms with Gasteiger partial charge in [-0.15, -0.1) is 0 Å². The average Bonchev–Trinajstić information content (AvgIpc) is 2.39. The third kappa shape index (κ3) is 2.72. The van der Waals surface area contributed by atoms with Gasteiger partial charge < -0.3 is 9.52 Å². The first-order valence-corrected chi connectivity index (χ1v) is 3.80. The van der Waals surface area contributed by atoms with Crippen LogP contribution in [0, 0.1) is 6.92 Å². The molecule has 0 amide bonds. The number of aromatic nitrogens is 1. The average molecular weight is 157 g/mol. The summed E-state index contributed by atoms with van der Waals surface area (Å²) in [6.07, 6.45) is 0.782. The van der Waals surface area contributed by atoms with Gasteiger partial charge in [0.2, 0.25) is 0 Å². The highest BCUT2D eigenvalue weighted by Gasteiger charge is 2.07. The van der Waals surface area contributed by atoms with E-state index in [4.69, 9.17) is 9.52 Å². The number of hydrogen-bond acceptors (Lipinski definition) is 3. The molecule has 3 nitrogen and oxygen atoms in total. The maximum atomic E-state index is 8.96. The number of aliphatic hydroxyl groups excluding tert-OH is 1. The third-order valence-electron chi connectivity index (χ3n) is 1.16. The summed E-state index contributed by atoms with van der Waals surface area (Å²) in [7, 11) is 0. The summed E-state index contributed by atoms with van der Waals surface area (Å²) in [4.78, 5) is 3.81. The monoisotopic (exact) mass is 157 g/mol. The fourth-order valence-electron chi connectivity index (χ4n) is 0.712. The van der Waals surface area contributed by atoms with Crippen molar-refractivity contribution < 1.29 is 9.52 Å². The van der Waals surface area contributed by atoms with E-state index < -0.39 is 6.10 Å². The van der Waals surface area contributed by atoms with Gasteiger partial charge in [-0.2, -0.15) is 0 Å². The van der Waals surface area contributed by atoms with Crippen molar-refractivity contribution in [2.24, 2.45) is 0 Å². The number of oxazole rings is 1. The molecule has 1 atom stereocenters. The molecule has 1 unspecified atom stereocenters. The Balaban J connectivity index is 0.000000461. The zero-order chi connectivity index (χ0) is 8.85. The van der Waals surface area contributed by atoms with Gasteiger partial charge in [0.1, 0.15) is 6.10 Å². The molecule has 0 aliphatic heterocycles. The van der Waals surface area contributed by atoms with Crippen molar-refractivity contribution in [2.75, 3.05) is 0 Å². The SMILES string of the molecule is CC.Cc1ncoc1C(C)O. The van der Waals surface area contributed by atoms with Crippen molar-refractivity contribution in [1.82, 2.24) is 4.98 Å². The predicted molar refractivity (Wildman–Crippen MR) is 43.2 cm³/mol. The summed E-state index contributed by atoms with van der Waals surface area (Å²) in [6, 6.07) is 0. The van der Waals surface area contributed by atoms with Gasteiger partial charge >= 0.3 is 0 Å². The molecule has 1 N–H and O–H groups in total. The molecule has 0 saturated carbocycles. The van der Waals surface area contributed by atoms with E-state index in [-0.39, 0.29) is 0 Å². The Hall–Kier alpha value is -0.830. The van der Waals surface area contributed by atoms with E-state index >= 15 is 0 Å². The van der Waals surface area contributed by atoms with E-state index in [9.17, 15) is 0 Å². The summed E-state index contributed by atoms with van der Waals surface area (Å²) in [5.41, 5.74) is 0.755. The number of rotatable bonds is 1. The van der Waals surface area contributed by atoms with Crippen LogP contribution in [0.25, 0.3) is 0 Å². The standard InChI is InChI=1S/C6H9NO2.C2H6/c1-4-6(5(2)8)9-3-7-4;1-2/h3,5,8H,1-2H3;1-2H3. The van der Waals surface area contributed by atoms with Crippen LogP contribution in [0.4, 0.5) is 0 Å². The Morgan fingerprint density at radius 2 is 2.09 bits per heavy atom. The van der Waals surface area contributed by atoms with Crippen LogP contribution < -0.4 is 0 Å². The van der Waals surface area contributed by atoms with E-state index in [1.54, 1.807) is 13.8 Å². The topological polar surface area (TPSA) is 46.3 Å². The van der Waals surface area contributed by atoms with Crippen LogP contribution in [0.15, 0.2) is 10.8 Å². The Kier molecular flexibility index (Phi) is 4.54. The van der Waals surface area contributed by atoms with Gasteiger partial charge in [-0.25, -0.2) is 4.98 Å². The molecule has 1 rings (SSSR count). The lowest BCUT2D eigenvalue weighted by Gasteiger charge is -1.96. The van der Waals surface area contributed by atoms with Crippen LogP contribution in [0.3, 0.4) is 0 Å². The highest BCUT2D eigenvalue weighted by molar-refractivity contribution is 5.06. The van der Waals surface area contributed by atoms with Crippen LogP contribution >= 0.6 is 0 Å². The van der Waals surface area contributed by atoms with Gasteiger partial charge in [0.15, 0.2) is 12.2 Å². The molecule has 11 heavy (non-hydrogen) atoms. The number of aryl methyl sites for hydroxylation is 1. The lowest BCUT2D eigenvalue weighted by atomic mass is 10.3. The lowest BCUT2D eigenvalue weighted by molar-refractivity contribution is 0.168. The van der Waals surface area contributed by atoms with E-state index in [2.05, 4.69) is 4.98 Å². The second-order valence-corrected chi connectivity index (χ2v) is 1.98. The zero-order valence-electron chi connectivity index (χ0n) is 7.46. The van der Waals surface area contributed by atoms with Gasteiger partial charge in [0.25, 0.3) is 0 Å². The quantitative estimate of drug-likeness (QED) is 0.678. The van der Waals surface area contributed by atoms with Crippen LogP contribution in [0.1, 0.15) is 38.3 Å². The maximum Gasteiger partial charge on any atom is 0.181 e. The molecule has 0 saturated heterocycles. The van der Waals surface area contributed by atoms with Crippen molar-refractivity contribution in [1.29, 1.82) is 0 Å². The molecule has 3 heteroatoms. The van der Waals surface area contributed by atoms with Crippen LogP contribution in [0.2, 0.25) is 0 Å². The third-order valence-corrected chi connectivity index (χ3v) is 1.16. The molecule has 0 aliphatic carbocycles. The molecule has 0 bridgehead atoms. The van der Waals surface area contributed by atoms with Crippen LogP contribution in [-0.2, 0) is 0 Å². The number of hydrogen-bond donors (Lipinski definition) is 1. The van der Waals surface area contributed by atoms with Gasteiger partial charge in [0, 0.05) is 0 Å². The molecular weight excluding hydrogens is 142 g/mol. The van der Waals surface area contributed by atoms with Crippen molar-refractivity contribution in [2.45, 2.75) is 33.8 Å². The second kappa shape index (κ2) is 4.91. The maximum absolute atomic E-state index is 8.96. The Labute approximate surface area is 67.1 Å². The molecule has 0 spiro atoms. The van der Waals surface area contributed by atoms with Crippen LogP contribution in [-0.4, -0.2) is 10.1 Å². The second-order valence-electron chi connectivity index (χ2n) is 1.98. The molecule has 0 aliphatic rings. The molecule has 64 valence electrons. The molecular formula is C8H15NO2. The highest BCUT2D eigenvalue weighted by Crippen LogP contribution is 2.14. The first-order valence-electron chi connectivity index (χ1n) is 3.80. The molecule has 1 heterocycles. The van der Waals surface area contributed by atoms with E-state index in [1.807, 2.05) is 13.8 Å². The summed E-state index contributed by atoms with van der Waals surface area (Å²) >= 11 is 0. The number of nitrogens with zero attached hydrogens (tertiary/aromatic N) is 1. The summed E-state index contributed by atoms with van der Waals surface area (Å²) in [5.74, 6) is 0.551. The van der Waals surface area contributed by atoms with E-state index in [0.29, 0.717) is 5.76 Å². The van der Waals surface area contributed by atoms with Crippen molar-refractivity contribution in [3.05, 3.63) is 17.8 Å². The molecule has 0 radical (unpaired) electrons. The molecule has 0 aromatic carbocycles. The van der Waals surface area contributed by atoms with Crippen molar-refractivity contribution in [3.63, 3.8) is 0 Å². The number of aliphatic hydroxyl groups is 1. The van der Waals surface area contributed by atoms with Gasteiger partial charge in [-0.3, -0.25) is 0 Å². The molecule has 1 aromatic rings. The largest absolute Gasteiger partial charge is 0.445 e. The normalized spacial score (nSPS) is 11.7. The summed E-state index contributed by atoms with van der Waals surface area (Å²) in [6.45, 7) is 7.44. The fraction of sp³-hybridized carbons (Fsp3) is 0.625. The molecule has 1 aromatic heterocycles. The first-order chi connectivity index (χ1) is 5.22. The lowest BCUT2D eigenvalue weighted by Crippen LogP contribution is -1.90. The first kappa shape index (κ1) is 10.2. The Morgan fingerprint density at radius 1 is 1.55 bits per heavy atom. The minimum absolute atomic E-state index is 0.549. The van der Waals surface area contributed by atoms with Gasteiger partial charge in [-0.1, -0.05) is 13.8 Å². The van der Waals surface area contributed by atoms with E-state index in [0.717, 1.165) is 5.69 Å². The van der Waals surface area contributed by atoms with Crippen molar-refractivity contribution in [3.8, 4) is 0 Å². The summed E-state index contributed by atoms with van der Waals surface area (Å²) in [5, 5.41) is 8.96. The van der Waals surface area contributed by atoms with E-state index in [1.165, 1.54) is 6.39 Å².